The van der Waals surface area contributed by atoms with Crippen LogP contribution in [0.5, 0.6) is 5.75 Å². The van der Waals surface area contributed by atoms with Gasteiger partial charge >= 0.3 is 6.36 Å². The van der Waals surface area contributed by atoms with Crippen molar-refractivity contribution in [2.45, 2.75) is 12.8 Å². The van der Waals surface area contributed by atoms with Crippen LogP contribution in [0, 0.1) is 3.57 Å². The van der Waals surface area contributed by atoms with Gasteiger partial charge in [-0.05, 0) is 28.7 Å². The SMILES string of the molecule is Nc1nc(C(F)F)c(I)cc1OC(F)(F)F. The fraction of sp³-hybridized carbons (Fsp3) is 0.286. The molecule has 1 aromatic heterocycles. The second-order valence-electron chi connectivity index (χ2n) is 2.59. The van der Waals surface area contributed by atoms with E-state index in [9.17, 15) is 22.0 Å². The average Bonchev–Trinajstić information content (AvgIpc) is 2.07. The van der Waals surface area contributed by atoms with Crippen LogP contribution in [0.2, 0.25) is 0 Å². The first-order valence-electron chi connectivity index (χ1n) is 3.70. The molecule has 2 N–H and O–H groups in total. The van der Waals surface area contributed by atoms with Gasteiger partial charge in [-0.1, -0.05) is 0 Å². The Bertz CT molecular complexity index is 395. The van der Waals surface area contributed by atoms with E-state index in [1.165, 1.54) is 22.6 Å². The minimum atomic E-state index is -4.94. The Kier molecular flexibility index (Phi) is 3.76. The largest absolute Gasteiger partial charge is 0.573 e. The maximum atomic E-state index is 12.3. The second-order valence-corrected chi connectivity index (χ2v) is 3.75. The van der Waals surface area contributed by atoms with E-state index in [0.29, 0.717) is 0 Å². The highest BCUT2D eigenvalue weighted by molar-refractivity contribution is 14.1. The molecule has 0 fully saturated rings. The quantitative estimate of drug-likeness (QED) is 0.656. The standard InChI is InChI=1S/C7H4F5IN2O/c8-5(9)4-2(13)1-3(6(14)15-4)16-7(10,11)12/h1,5H,(H2,14,15). The minimum absolute atomic E-state index is 0.152. The zero-order valence-electron chi connectivity index (χ0n) is 7.36. The van der Waals surface area contributed by atoms with Gasteiger partial charge in [0.05, 0.1) is 0 Å². The molecule has 0 atom stereocenters. The lowest BCUT2D eigenvalue weighted by atomic mass is 10.3. The second kappa shape index (κ2) is 4.55. The van der Waals surface area contributed by atoms with Crippen LogP contribution >= 0.6 is 22.6 Å². The third-order valence-electron chi connectivity index (χ3n) is 1.43. The third kappa shape index (κ3) is 3.32. The number of aromatic nitrogens is 1. The molecule has 1 aromatic rings. The summed E-state index contributed by atoms with van der Waals surface area (Å²) in [6.07, 6.45) is -7.85. The lowest BCUT2D eigenvalue weighted by Gasteiger charge is -2.12. The zero-order chi connectivity index (χ0) is 12.5. The topological polar surface area (TPSA) is 48.1 Å². The molecule has 0 spiro atoms. The van der Waals surface area contributed by atoms with Gasteiger partial charge in [0.2, 0.25) is 0 Å². The maximum Gasteiger partial charge on any atom is 0.573 e. The van der Waals surface area contributed by atoms with Crippen molar-refractivity contribution in [2.24, 2.45) is 0 Å². The molecule has 0 aromatic carbocycles. The number of nitrogens with two attached hydrogens (primary N) is 1. The molecule has 1 rings (SSSR count). The van der Waals surface area contributed by atoms with Crippen LogP contribution < -0.4 is 10.5 Å². The first-order chi connectivity index (χ1) is 7.20. The fourth-order valence-electron chi connectivity index (χ4n) is 0.861. The Morgan fingerprint density at radius 3 is 2.38 bits per heavy atom. The van der Waals surface area contributed by atoms with E-state index in [0.717, 1.165) is 6.07 Å². The van der Waals surface area contributed by atoms with Crippen LogP contribution in [0.1, 0.15) is 12.1 Å². The number of pyridine rings is 1. The molecular formula is C7H4F5IN2O. The first-order valence-corrected chi connectivity index (χ1v) is 4.78. The van der Waals surface area contributed by atoms with E-state index in [1.54, 1.807) is 0 Å². The molecule has 90 valence electrons. The maximum absolute atomic E-state index is 12.3. The first kappa shape index (κ1) is 13.2. The molecule has 0 aliphatic carbocycles. The van der Waals surface area contributed by atoms with Gasteiger partial charge in [-0.3, -0.25) is 0 Å². The monoisotopic (exact) mass is 354 g/mol. The number of halogens is 6. The molecule has 0 bridgehead atoms. The average molecular weight is 354 g/mol. The molecule has 0 saturated carbocycles. The molecule has 0 aliphatic heterocycles. The number of ether oxygens (including phenoxy) is 1. The molecule has 0 unspecified atom stereocenters. The molecule has 0 radical (unpaired) electrons. The van der Waals surface area contributed by atoms with E-state index in [4.69, 9.17) is 5.73 Å². The van der Waals surface area contributed by atoms with Crippen molar-refractivity contribution in [2.75, 3.05) is 5.73 Å². The molecule has 1 heterocycles. The van der Waals surface area contributed by atoms with E-state index < -0.39 is 30.0 Å². The number of nitrogen functional groups attached to an aromatic ring is 1. The number of hydrogen-bond acceptors (Lipinski definition) is 3. The van der Waals surface area contributed by atoms with Crippen molar-refractivity contribution in [1.29, 1.82) is 0 Å². The molecule has 16 heavy (non-hydrogen) atoms. The normalized spacial score (nSPS) is 11.9. The van der Waals surface area contributed by atoms with Crippen LogP contribution in [-0.2, 0) is 0 Å². The highest BCUT2D eigenvalue weighted by atomic mass is 127. The van der Waals surface area contributed by atoms with Gasteiger partial charge < -0.3 is 10.5 Å². The van der Waals surface area contributed by atoms with E-state index in [1.807, 2.05) is 0 Å². The predicted molar refractivity (Wildman–Crippen MR) is 53.0 cm³/mol. The predicted octanol–water partition coefficient (Wildman–Crippen LogP) is 3.10. The molecule has 3 nitrogen and oxygen atoms in total. The van der Waals surface area contributed by atoms with Gasteiger partial charge in [-0.25, -0.2) is 13.8 Å². The number of nitrogens with zero attached hydrogens (tertiary/aromatic N) is 1. The summed E-state index contributed by atoms with van der Waals surface area (Å²) in [6, 6.07) is 0.762. The summed E-state index contributed by atoms with van der Waals surface area (Å²) in [4.78, 5) is 3.15. The van der Waals surface area contributed by atoms with Crippen molar-refractivity contribution >= 4 is 28.4 Å². The highest BCUT2D eigenvalue weighted by Gasteiger charge is 2.33. The number of hydrogen-bond donors (Lipinski definition) is 1. The van der Waals surface area contributed by atoms with Crippen LogP contribution in [0.25, 0.3) is 0 Å². The summed E-state index contributed by atoms with van der Waals surface area (Å²) in [6.45, 7) is 0. The van der Waals surface area contributed by atoms with Crippen LogP contribution in [0.15, 0.2) is 6.07 Å². The molecule has 0 aliphatic rings. The van der Waals surface area contributed by atoms with Gasteiger partial charge in [-0.15, -0.1) is 13.2 Å². The summed E-state index contributed by atoms with van der Waals surface area (Å²) >= 11 is 1.42. The number of alkyl halides is 5. The van der Waals surface area contributed by atoms with Crippen molar-refractivity contribution in [3.63, 3.8) is 0 Å². The van der Waals surface area contributed by atoms with Crippen molar-refractivity contribution in [3.8, 4) is 5.75 Å². The van der Waals surface area contributed by atoms with Crippen LogP contribution in [0.4, 0.5) is 27.8 Å². The van der Waals surface area contributed by atoms with Crippen molar-refractivity contribution in [3.05, 3.63) is 15.3 Å². The summed E-state index contributed by atoms with van der Waals surface area (Å²) in [5.74, 6) is -1.52. The Labute approximate surface area is 99.9 Å². The van der Waals surface area contributed by atoms with Gasteiger partial charge in [-0.2, -0.15) is 0 Å². The molecule has 0 saturated heterocycles. The van der Waals surface area contributed by atoms with Gasteiger partial charge in [0.25, 0.3) is 6.43 Å². The van der Waals surface area contributed by atoms with Gasteiger partial charge in [0, 0.05) is 3.57 Å². The van der Waals surface area contributed by atoms with Crippen molar-refractivity contribution < 1.29 is 26.7 Å². The molecular weight excluding hydrogens is 350 g/mol. The summed E-state index contributed by atoms with van der Waals surface area (Å²) in [5.41, 5.74) is 4.39. The Morgan fingerprint density at radius 2 is 1.94 bits per heavy atom. The lowest BCUT2D eigenvalue weighted by Crippen LogP contribution is -2.19. The van der Waals surface area contributed by atoms with E-state index >= 15 is 0 Å². The highest BCUT2D eigenvalue weighted by Crippen LogP contribution is 2.32. The minimum Gasteiger partial charge on any atom is -0.402 e. The van der Waals surface area contributed by atoms with E-state index in [2.05, 4.69) is 9.72 Å². The Hall–Kier alpha value is -0.870. The van der Waals surface area contributed by atoms with Crippen molar-refractivity contribution in [1.82, 2.24) is 4.98 Å². The summed E-state index contributed by atoms with van der Waals surface area (Å²) in [7, 11) is 0. The summed E-state index contributed by atoms with van der Waals surface area (Å²) < 4.78 is 63.5. The van der Waals surface area contributed by atoms with Gasteiger partial charge in [0.1, 0.15) is 5.69 Å². The van der Waals surface area contributed by atoms with Crippen LogP contribution in [0.3, 0.4) is 0 Å². The summed E-state index contributed by atoms with van der Waals surface area (Å²) in [5, 5.41) is 0. The fourth-order valence-corrected chi connectivity index (χ4v) is 1.50. The van der Waals surface area contributed by atoms with E-state index in [-0.39, 0.29) is 3.57 Å². The smallest absolute Gasteiger partial charge is 0.402 e. The van der Waals surface area contributed by atoms with Gasteiger partial charge in [0.15, 0.2) is 11.6 Å². The molecule has 9 heteroatoms. The number of anilines is 1. The number of rotatable bonds is 2. The molecule has 0 amide bonds. The zero-order valence-corrected chi connectivity index (χ0v) is 9.51. The third-order valence-corrected chi connectivity index (χ3v) is 2.29. The van der Waals surface area contributed by atoms with Crippen LogP contribution in [-0.4, -0.2) is 11.3 Å². The Morgan fingerprint density at radius 1 is 1.38 bits per heavy atom. The lowest BCUT2D eigenvalue weighted by molar-refractivity contribution is -0.274. The Balaban J connectivity index is 3.11.